The number of halogens is 2. The first-order valence-electron chi connectivity index (χ1n) is 8.98. The van der Waals surface area contributed by atoms with Crippen molar-refractivity contribution in [2.24, 2.45) is 0 Å². The van der Waals surface area contributed by atoms with Gasteiger partial charge in [-0.1, -0.05) is 0 Å². The van der Waals surface area contributed by atoms with E-state index in [1.807, 2.05) is 0 Å². The molecule has 1 atom stereocenters. The highest BCUT2D eigenvalue weighted by Crippen LogP contribution is 2.22. The Kier molecular flexibility index (Phi) is 5.99. The fraction of sp³-hybridized carbons (Fsp3) is 0.200. The minimum Gasteiger partial charge on any atom is -0.345 e. The van der Waals surface area contributed by atoms with Crippen LogP contribution in [0.25, 0.3) is 5.69 Å². The van der Waals surface area contributed by atoms with Crippen molar-refractivity contribution in [1.82, 2.24) is 19.8 Å². The molecular formula is C20H20F2N4O3S. The number of aromatic nitrogens is 2. The molecule has 0 saturated carbocycles. The minimum atomic E-state index is -3.83. The first kappa shape index (κ1) is 21.6. The van der Waals surface area contributed by atoms with E-state index in [1.165, 1.54) is 19.2 Å². The number of rotatable bonds is 6. The fourth-order valence-corrected chi connectivity index (χ4v) is 3.76. The molecular weight excluding hydrogens is 414 g/mol. The van der Waals surface area contributed by atoms with E-state index in [0.717, 1.165) is 18.2 Å². The Morgan fingerprint density at radius 1 is 1.13 bits per heavy atom. The SMILES string of the molecule is CNS(=O)(=O)c1ccc(F)c(C(=O)NC(C)c2cnn(-c3ccc(F)cc3)c2C)c1. The van der Waals surface area contributed by atoms with Crippen molar-refractivity contribution in [2.75, 3.05) is 7.05 Å². The van der Waals surface area contributed by atoms with Gasteiger partial charge in [-0.3, -0.25) is 4.79 Å². The Morgan fingerprint density at radius 2 is 1.80 bits per heavy atom. The van der Waals surface area contributed by atoms with Crippen LogP contribution in [0.4, 0.5) is 8.78 Å². The molecule has 2 aromatic carbocycles. The normalized spacial score (nSPS) is 12.6. The summed E-state index contributed by atoms with van der Waals surface area (Å²) in [6.45, 7) is 3.48. The third-order valence-electron chi connectivity index (χ3n) is 4.69. The van der Waals surface area contributed by atoms with Crippen LogP contribution in [0.3, 0.4) is 0 Å². The molecule has 0 radical (unpaired) electrons. The highest BCUT2D eigenvalue weighted by molar-refractivity contribution is 7.89. The number of hydrogen-bond donors (Lipinski definition) is 2. The maximum absolute atomic E-state index is 14.2. The summed E-state index contributed by atoms with van der Waals surface area (Å²) in [6, 6.07) is 8.23. The van der Waals surface area contributed by atoms with E-state index < -0.39 is 27.8 Å². The smallest absolute Gasteiger partial charge is 0.254 e. The molecule has 0 saturated heterocycles. The van der Waals surface area contributed by atoms with Gasteiger partial charge in [0.25, 0.3) is 5.91 Å². The van der Waals surface area contributed by atoms with Gasteiger partial charge in [0.2, 0.25) is 10.0 Å². The second kappa shape index (κ2) is 8.33. The lowest BCUT2D eigenvalue weighted by molar-refractivity contribution is 0.0935. The van der Waals surface area contributed by atoms with E-state index in [4.69, 9.17) is 0 Å². The maximum atomic E-state index is 14.2. The summed E-state index contributed by atoms with van der Waals surface area (Å²) < 4.78 is 54.9. The molecule has 2 N–H and O–H groups in total. The zero-order valence-corrected chi connectivity index (χ0v) is 17.3. The first-order chi connectivity index (χ1) is 14.1. The van der Waals surface area contributed by atoms with Gasteiger partial charge < -0.3 is 5.32 Å². The minimum absolute atomic E-state index is 0.218. The van der Waals surface area contributed by atoms with Crippen molar-refractivity contribution in [3.05, 3.63) is 77.1 Å². The van der Waals surface area contributed by atoms with Crippen LogP contribution in [-0.4, -0.2) is 31.2 Å². The molecule has 7 nitrogen and oxygen atoms in total. The summed E-state index contributed by atoms with van der Waals surface area (Å²) >= 11 is 0. The molecule has 0 fully saturated rings. The Morgan fingerprint density at radius 3 is 2.43 bits per heavy atom. The highest BCUT2D eigenvalue weighted by atomic mass is 32.2. The number of amides is 1. The summed E-state index contributed by atoms with van der Waals surface area (Å²) in [5.74, 6) is -1.97. The molecule has 0 spiro atoms. The van der Waals surface area contributed by atoms with Crippen LogP contribution >= 0.6 is 0 Å². The second-order valence-electron chi connectivity index (χ2n) is 6.62. The standard InChI is InChI=1S/C20H20F2N4O3S/c1-12(18-11-24-26(13(18)2)15-6-4-14(21)5-7-15)25-20(27)17-10-16(8-9-19(17)22)30(28,29)23-3/h4-12,23H,1-3H3,(H,25,27). The van der Waals surface area contributed by atoms with E-state index in [9.17, 15) is 22.0 Å². The molecule has 0 bridgehead atoms. The van der Waals surface area contributed by atoms with Crippen LogP contribution in [0.15, 0.2) is 53.6 Å². The summed E-state index contributed by atoms with van der Waals surface area (Å²) in [5.41, 5.74) is 1.64. The van der Waals surface area contributed by atoms with Crippen LogP contribution in [0.5, 0.6) is 0 Å². The number of nitrogens with one attached hydrogen (secondary N) is 2. The number of nitrogens with zero attached hydrogens (tertiary/aromatic N) is 2. The Hall–Kier alpha value is -3.11. The molecule has 158 valence electrons. The van der Waals surface area contributed by atoms with Crippen LogP contribution in [0.2, 0.25) is 0 Å². The zero-order valence-electron chi connectivity index (χ0n) is 16.5. The third-order valence-corrected chi connectivity index (χ3v) is 6.11. The van der Waals surface area contributed by atoms with E-state index >= 15 is 0 Å². The van der Waals surface area contributed by atoms with Crippen molar-refractivity contribution in [3.63, 3.8) is 0 Å². The lowest BCUT2D eigenvalue weighted by atomic mass is 10.1. The van der Waals surface area contributed by atoms with Crippen LogP contribution in [-0.2, 0) is 10.0 Å². The molecule has 3 rings (SSSR count). The molecule has 3 aromatic rings. The summed E-state index contributed by atoms with van der Waals surface area (Å²) in [4.78, 5) is 12.4. The number of sulfonamides is 1. The van der Waals surface area contributed by atoms with E-state index in [0.29, 0.717) is 16.9 Å². The Bertz CT molecular complexity index is 1190. The van der Waals surface area contributed by atoms with Gasteiger partial charge in [0.05, 0.1) is 28.4 Å². The number of carbonyl (C=O) groups is 1. The molecule has 1 aromatic heterocycles. The van der Waals surface area contributed by atoms with Gasteiger partial charge in [0, 0.05) is 11.3 Å². The first-order valence-corrected chi connectivity index (χ1v) is 10.5. The Labute approximate surface area is 172 Å². The lowest BCUT2D eigenvalue weighted by Gasteiger charge is -2.15. The molecule has 1 heterocycles. The van der Waals surface area contributed by atoms with Gasteiger partial charge in [-0.15, -0.1) is 0 Å². The largest absolute Gasteiger partial charge is 0.345 e. The van der Waals surface area contributed by atoms with Crippen molar-refractivity contribution in [1.29, 1.82) is 0 Å². The van der Waals surface area contributed by atoms with Gasteiger partial charge in [0.15, 0.2) is 0 Å². The van der Waals surface area contributed by atoms with E-state index in [-0.39, 0.29) is 16.3 Å². The second-order valence-corrected chi connectivity index (χ2v) is 8.50. The van der Waals surface area contributed by atoms with Crippen LogP contribution in [0, 0.1) is 18.6 Å². The predicted octanol–water partition coefficient (Wildman–Crippen LogP) is 2.86. The van der Waals surface area contributed by atoms with E-state index in [1.54, 1.807) is 36.9 Å². The average molecular weight is 434 g/mol. The molecule has 0 aliphatic carbocycles. The average Bonchev–Trinajstić information content (AvgIpc) is 3.10. The molecule has 30 heavy (non-hydrogen) atoms. The van der Waals surface area contributed by atoms with E-state index in [2.05, 4.69) is 15.1 Å². The van der Waals surface area contributed by atoms with Crippen molar-refractivity contribution < 1.29 is 22.0 Å². The molecule has 1 amide bonds. The maximum Gasteiger partial charge on any atom is 0.254 e. The Balaban J connectivity index is 1.85. The number of benzene rings is 2. The van der Waals surface area contributed by atoms with Crippen molar-refractivity contribution >= 4 is 15.9 Å². The van der Waals surface area contributed by atoms with Crippen molar-refractivity contribution in [3.8, 4) is 5.69 Å². The van der Waals surface area contributed by atoms with Gasteiger partial charge in [-0.05, 0) is 63.4 Å². The molecule has 1 unspecified atom stereocenters. The third kappa shape index (κ3) is 4.24. The molecule has 10 heteroatoms. The van der Waals surface area contributed by atoms with Gasteiger partial charge in [0.1, 0.15) is 11.6 Å². The molecule has 0 aliphatic heterocycles. The van der Waals surface area contributed by atoms with Crippen LogP contribution < -0.4 is 10.0 Å². The number of hydrogen-bond acceptors (Lipinski definition) is 4. The number of carbonyl (C=O) groups excluding carboxylic acids is 1. The predicted molar refractivity (Wildman–Crippen MR) is 107 cm³/mol. The highest BCUT2D eigenvalue weighted by Gasteiger charge is 2.21. The summed E-state index contributed by atoms with van der Waals surface area (Å²) in [7, 11) is -2.60. The summed E-state index contributed by atoms with van der Waals surface area (Å²) in [6.07, 6.45) is 1.56. The quantitative estimate of drug-likeness (QED) is 0.624. The topological polar surface area (TPSA) is 93.1 Å². The van der Waals surface area contributed by atoms with Gasteiger partial charge >= 0.3 is 0 Å². The lowest BCUT2D eigenvalue weighted by Crippen LogP contribution is -2.28. The van der Waals surface area contributed by atoms with Crippen molar-refractivity contribution in [2.45, 2.75) is 24.8 Å². The zero-order chi connectivity index (χ0) is 22.1. The molecule has 0 aliphatic rings. The monoisotopic (exact) mass is 434 g/mol. The van der Waals surface area contributed by atoms with Gasteiger partial charge in [-0.2, -0.15) is 5.10 Å². The summed E-state index contributed by atoms with van der Waals surface area (Å²) in [5, 5.41) is 6.93. The van der Waals surface area contributed by atoms with Gasteiger partial charge in [-0.25, -0.2) is 26.6 Å². The fourth-order valence-electron chi connectivity index (χ4n) is 3.01. The van der Waals surface area contributed by atoms with Crippen LogP contribution in [0.1, 0.15) is 34.6 Å².